The number of benzene rings is 2. The molecule has 1 aliphatic rings. The van der Waals surface area contributed by atoms with Crippen molar-refractivity contribution in [2.24, 2.45) is 11.8 Å². The number of nitrogens with one attached hydrogen (secondary N) is 4. The predicted octanol–water partition coefficient (Wildman–Crippen LogP) is 3.40. The lowest BCUT2D eigenvalue weighted by Crippen LogP contribution is -2.54. The van der Waals surface area contributed by atoms with Gasteiger partial charge < -0.3 is 35.5 Å². The van der Waals surface area contributed by atoms with Gasteiger partial charge in [0.1, 0.15) is 24.4 Å². The highest BCUT2D eigenvalue weighted by molar-refractivity contribution is 6.01. The second kappa shape index (κ2) is 17.3. The van der Waals surface area contributed by atoms with Gasteiger partial charge in [0, 0.05) is 6.54 Å². The van der Waals surface area contributed by atoms with E-state index in [0.29, 0.717) is 49.5 Å². The lowest BCUT2D eigenvalue weighted by Gasteiger charge is -2.27. The standard InChI is InChI=1S/C34H48N4O7/c1-21(2)16-24-20-45-28-12-8-7-11-25(28)32(40)38-27(19-31(39)37-26(17-22(3)4)34(42)36-24)33(41)35-15-9-10-23-13-14-29(43-5)30(18-23)44-6/h7-8,11-14,18,21-22,24,26-27H,9-10,15-17,19-20H2,1-6H3,(H,35,41)(H,36,42)(H,37,39)(H,38,40)/t24-,26+,27+/m1/s1. The summed E-state index contributed by atoms with van der Waals surface area (Å²) in [7, 11) is 3.15. The van der Waals surface area contributed by atoms with Crippen molar-refractivity contribution in [3.63, 3.8) is 0 Å². The molecular weight excluding hydrogens is 576 g/mol. The Labute approximate surface area is 266 Å². The Morgan fingerprint density at radius 3 is 2.33 bits per heavy atom. The molecule has 45 heavy (non-hydrogen) atoms. The number of fused-ring (bicyclic) bond motifs is 1. The minimum Gasteiger partial charge on any atom is -0.493 e. The van der Waals surface area contributed by atoms with Crippen molar-refractivity contribution in [2.75, 3.05) is 27.4 Å². The summed E-state index contributed by atoms with van der Waals surface area (Å²) in [4.78, 5) is 53.5. The van der Waals surface area contributed by atoms with E-state index >= 15 is 0 Å². The number of carbonyl (C=O) groups is 4. The quantitative estimate of drug-likeness (QED) is 0.281. The highest BCUT2D eigenvalue weighted by Crippen LogP contribution is 2.28. The molecule has 0 aromatic heterocycles. The summed E-state index contributed by atoms with van der Waals surface area (Å²) in [6.45, 7) is 8.49. The lowest BCUT2D eigenvalue weighted by molar-refractivity contribution is -0.131. The van der Waals surface area contributed by atoms with Gasteiger partial charge in [-0.2, -0.15) is 0 Å². The number of rotatable bonds is 11. The number of para-hydroxylation sites is 1. The molecule has 3 atom stereocenters. The fraction of sp³-hybridized carbons (Fsp3) is 0.529. The van der Waals surface area contributed by atoms with Crippen LogP contribution in [0.3, 0.4) is 0 Å². The predicted molar refractivity (Wildman–Crippen MR) is 171 cm³/mol. The van der Waals surface area contributed by atoms with E-state index in [1.807, 2.05) is 45.9 Å². The average molecular weight is 625 g/mol. The van der Waals surface area contributed by atoms with Crippen molar-refractivity contribution in [3.8, 4) is 17.2 Å². The summed E-state index contributed by atoms with van der Waals surface area (Å²) in [5, 5.41) is 11.4. The van der Waals surface area contributed by atoms with Gasteiger partial charge in [0.15, 0.2) is 11.5 Å². The first-order valence-corrected chi connectivity index (χ1v) is 15.6. The molecule has 0 radical (unpaired) electrons. The molecule has 0 unspecified atom stereocenters. The van der Waals surface area contributed by atoms with Gasteiger partial charge in [-0.25, -0.2) is 0 Å². The highest BCUT2D eigenvalue weighted by atomic mass is 16.5. The van der Waals surface area contributed by atoms with Crippen LogP contribution in [0.1, 0.15) is 69.3 Å². The molecule has 11 nitrogen and oxygen atoms in total. The molecular formula is C34H48N4O7. The Morgan fingerprint density at radius 2 is 1.64 bits per heavy atom. The van der Waals surface area contributed by atoms with Crippen molar-refractivity contribution in [2.45, 2.75) is 77.9 Å². The third-order valence-electron chi connectivity index (χ3n) is 7.43. The highest BCUT2D eigenvalue weighted by Gasteiger charge is 2.30. The minimum atomic E-state index is -1.17. The summed E-state index contributed by atoms with van der Waals surface area (Å²) in [5.41, 5.74) is 1.24. The molecule has 1 aliphatic heterocycles. The molecule has 0 fully saturated rings. The van der Waals surface area contributed by atoms with Crippen LogP contribution >= 0.6 is 0 Å². The number of aryl methyl sites for hydroxylation is 1. The van der Waals surface area contributed by atoms with Crippen LogP contribution in [-0.4, -0.2) is 69.1 Å². The molecule has 2 aromatic rings. The summed E-state index contributed by atoms with van der Waals surface area (Å²) in [5.74, 6) is 0.114. The van der Waals surface area contributed by atoms with E-state index in [1.165, 1.54) is 0 Å². The molecule has 0 bridgehead atoms. The minimum absolute atomic E-state index is 0.121. The summed E-state index contributed by atoms with van der Waals surface area (Å²) < 4.78 is 16.7. The van der Waals surface area contributed by atoms with Crippen LogP contribution in [0.5, 0.6) is 17.2 Å². The van der Waals surface area contributed by atoms with E-state index in [4.69, 9.17) is 14.2 Å². The smallest absolute Gasteiger partial charge is 0.255 e. The van der Waals surface area contributed by atoms with Gasteiger partial charge in [-0.3, -0.25) is 19.2 Å². The largest absolute Gasteiger partial charge is 0.493 e. The van der Waals surface area contributed by atoms with E-state index in [-0.39, 0.29) is 42.4 Å². The summed E-state index contributed by atoms with van der Waals surface area (Å²) >= 11 is 0. The number of methoxy groups -OCH3 is 2. The Morgan fingerprint density at radius 1 is 0.933 bits per heavy atom. The first-order valence-electron chi connectivity index (χ1n) is 15.6. The summed E-state index contributed by atoms with van der Waals surface area (Å²) in [6.07, 6.45) is 1.99. The Bertz CT molecular complexity index is 1310. The van der Waals surface area contributed by atoms with Crippen LogP contribution in [0.4, 0.5) is 0 Å². The Balaban J connectivity index is 1.79. The first kappa shape index (κ1) is 35.2. The van der Waals surface area contributed by atoms with Gasteiger partial charge in [0.05, 0.1) is 32.2 Å². The van der Waals surface area contributed by atoms with Crippen LogP contribution in [0.2, 0.25) is 0 Å². The normalized spacial score (nSPS) is 19.4. The van der Waals surface area contributed by atoms with Crippen molar-refractivity contribution < 1.29 is 33.4 Å². The molecule has 0 aliphatic carbocycles. The SMILES string of the molecule is COc1ccc(CCCNC(=O)[C@@H]2CC(=O)N[C@@H](CC(C)C)C(=O)N[C@H](CC(C)C)COc3ccccc3C(=O)N2)cc1OC. The zero-order chi connectivity index (χ0) is 32.9. The summed E-state index contributed by atoms with van der Waals surface area (Å²) in [6, 6.07) is 10.1. The van der Waals surface area contributed by atoms with Crippen molar-refractivity contribution >= 4 is 23.6 Å². The molecule has 0 saturated heterocycles. The fourth-order valence-corrected chi connectivity index (χ4v) is 5.26. The average Bonchev–Trinajstić information content (AvgIpc) is 3.00. The molecule has 2 aromatic carbocycles. The first-order chi connectivity index (χ1) is 21.5. The van der Waals surface area contributed by atoms with Gasteiger partial charge in [-0.15, -0.1) is 0 Å². The zero-order valence-corrected chi connectivity index (χ0v) is 27.2. The molecule has 11 heteroatoms. The maximum absolute atomic E-state index is 13.5. The monoisotopic (exact) mass is 624 g/mol. The Hall–Kier alpha value is -4.28. The molecule has 1 heterocycles. The van der Waals surface area contributed by atoms with E-state index in [9.17, 15) is 19.2 Å². The van der Waals surface area contributed by atoms with Crippen LogP contribution in [-0.2, 0) is 20.8 Å². The molecule has 0 spiro atoms. The van der Waals surface area contributed by atoms with Crippen LogP contribution < -0.4 is 35.5 Å². The number of ether oxygens (including phenoxy) is 3. The van der Waals surface area contributed by atoms with Gasteiger partial charge in [0.25, 0.3) is 5.91 Å². The van der Waals surface area contributed by atoms with Crippen molar-refractivity contribution in [3.05, 3.63) is 53.6 Å². The number of hydrogen-bond donors (Lipinski definition) is 4. The van der Waals surface area contributed by atoms with E-state index in [1.54, 1.807) is 38.5 Å². The van der Waals surface area contributed by atoms with Crippen LogP contribution in [0, 0.1) is 11.8 Å². The van der Waals surface area contributed by atoms with E-state index < -0.39 is 29.8 Å². The van der Waals surface area contributed by atoms with E-state index in [0.717, 1.165) is 5.56 Å². The van der Waals surface area contributed by atoms with Crippen LogP contribution in [0.15, 0.2) is 42.5 Å². The number of amides is 4. The molecule has 3 rings (SSSR count). The van der Waals surface area contributed by atoms with Gasteiger partial charge in [-0.05, 0) is 67.3 Å². The third-order valence-corrected chi connectivity index (χ3v) is 7.43. The van der Waals surface area contributed by atoms with Crippen molar-refractivity contribution in [1.29, 1.82) is 0 Å². The molecule has 4 N–H and O–H groups in total. The van der Waals surface area contributed by atoms with E-state index in [2.05, 4.69) is 21.3 Å². The number of hydrogen-bond acceptors (Lipinski definition) is 7. The van der Waals surface area contributed by atoms with Crippen LogP contribution in [0.25, 0.3) is 0 Å². The second-order valence-electron chi connectivity index (χ2n) is 12.2. The van der Waals surface area contributed by atoms with Gasteiger partial charge in [0.2, 0.25) is 17.7 Å². The lowest BCUT2D eigenvalue weighted by atomic mass is 10.00. The number of carbonyl (C=O) groups excluding carboxylic acids is 4. The van der Waals surface area contributed by atoms with Crippen molar-refractivity contribution in [1.82, 2.24) is 21.3 Å². The Kier molecular flexibility index (Phi) is 13.5. The fourth-order valence-electron chi connectivity index (χ4n) is 5.26. The zero-order valence-electron chi connectivity index (χ0n) is 27.2. The third kappa shape index (κ3) is 11.0. The maximum Gasteiger partial charge on any atom is 0.255 e. The molecule has 4 amide bonds. The van der Waals surface area contributed by atoms with Gasteiger partial charge in [-0.1, -0.05) is 45.9 Å². The second-order valence-corrected chi connectivity index (χ2v) is 12.2. The maximum atomic E-state index is 13.5. The molecule has 0 saturated carbocycles. The topological polar surface area (TPSA) is 144 Å². The molecule has 246 valence electrons. The van der Waals surface area contributed by atoms with Gasteiger partial charge >= 0.3 is 0 Å².